The molecule has 0 atom stereocenters. The van der Waals surface area contributed by atoms with Gasteiger partial charge >= 0.3 is 0 Å². The van der Waals surface area contributed by atoms with Crippen LogP contribution in [-0.4, -0.2) is 29.8 Å². The van der Waals surface area contributed by atoms with Crippen LogP contribution in [0.4, 0.5) is 0 Å². The minimum Gasteiger partial charge on any atom is -0.491 e. The molecule has 0 radical (unpaired) electrons. The molecule has 0 aliphatic carbocycles. The summed E-state index contributed by atoms with van der Waals surface area (Å²) < 4.78 is 7.05. The molecule has 3 heterocycles. The lowest BCUT2D eigenvalue weighted by Crippen LogP contribution is -2.26. The predicted molar refractivity (Wildman–Crippen MR) is 119 cm³/mol. The SMILES string of the molecule is COc1c(C)c(-c2[nH]c3ccc(C4CCNCC4)cc3c2C(C)C)cn(C)c1=O. The predicted octanol–water partition coefficient (Wildman–Crippen LogP) is 4.44. The largest absolute Gasteiger partial charge is 0.491 e. The van der Waals surface area contributed by atoms with Crippen molar-refractivity contribution in [2.45, 2.75) is 45.4 Å². The topological polar surface area (TPSA) is 59.0 Å². The minimum absolute atomic E-state index is 0.107. The van der Waals surface area contributed by atoms with Crippen molar-refractivity contribution in [2.24, 2.45) is 7.05 Å². The molecular weight excluding hydrogens is 362 g/mol. The fourth-order valence-corrected chi connectivity index (χ4v) is 4.74. The molecule has 0 bridgehead atoms. The smallest absolute Gasteiger partial charge is 0.292 e. The Labute approximate surface area is 172 Å². The highest BCUT2D eigenvalue weighted by Crippen LogP contribution is 2.39. The average Bonchev–Trinajstić information content (AvgIpc) is 3.10. The maximum absolute atomic E-state index is 12.4. The number of aromatic nitrogens is 2. The molecule has 3 aromatic rings. The van der Waals surface area contributed by atoms with Crippen molar-refractivity contribution < 1.29 is 4.74 Å². The molecule has 1 fully saturated rings. The third-order valence-electron chi connectivity index (χ3n) is 6.31. The van der Waals surface area contributed by atoms with Gasteiger partial charge in [0.2, 0.25) is 0 Å². The highest BCUT2D eigenvalue weighted by atomic mass is 16.5. The Hall–Kier alpha value is -2.53. The molecule has 2 N–H and O–H groups in total. The van der Waals surface area contributed by atoms with Crippen LogP contribution in [0.15, 0.2) is 29.2 Å². The van der Waals surface area contributed by atoms with Crippen molar-refractivity contribution in [3.8, 4) is 17.0 Å². The fourth-order valence-electron chi connectivity index (χ4n) is 4.74. The monoisotopic (exact) mass is 393 g/mol. The molecule has 1 aromatic carbocycles. The van der Waals surface area contributed by atoms with E-state index in [0.717, 1.165) is 35.4 Å². The summed E-state index contributed by atoms with van der Waals surface area (Å²) in [5.74, 6) is 1.39. The number of nitrogens with zero attached hydrogens (tertiary/aromatic N) is 1. The second kappa shape index (κ2) is 7.71. The number of piperidine rings is 1. The Morgan fingerprint density at radius 2 is 1.93 bits per heavy atom. The van der Waals surface area contributed by atoms with Crippen molar-refractivity contribution in [2.75, 3.05) is 20.2 Å². The van der Waals surface area contributed by atoms with Crippen LogP contribution in [-0.2, 0) is 7.05 Å². The zero-order valence-electron chi connectivity index (χ0n) is 18.1. The van der Waals surface area contributed by atoms with E-state index in [2.05, 4.69) is 42.3 Å². The third-order valence-corrected chi connectivity index (χ3v) is 6.31. The van der Waals surface area contributed by atoms with Crippen molar-refractivity contribution in [3.05, 3.63) is 51.4 Å². The number of H-pyrrole nitrogens is 1. The van der Waals surface area contributed by atoms with E-state index in [1.54, 1.807) is 18.7 Å². The number of nitrogens with one attached hydrogen (secondary N) is 2. The number of methoxy groups -OCH3 is 1. The molecule has 1 aliphatic rings. The molecule has 0 unspecified atom stereocenters. The number of hydrogen-bond acceptors (Lipinski definition) is 3. The Morgan fingerprint density at radius 3 is 2.59 bits per heavy atom. The molecule has 1 aliphatic heterocycles. The van der Waals surface area contributed by atoms with E-state index in [1.165, 1.54) is 29.4 Å². The molecule has 154 valence electrons. The first-order valence-corrected chi connectivity index (χ1v) is 10.5. The van der Waals surface area contributed by atoms with Crippen LogP contribution in [0, 0.1) is 6.92 Å². The van der Waals surface area contributed by atoms with Gasteiger partial charge in [0, 0.05) is 35.3 Å². The van der Waals surface area contributed by atoms with E-state index >= 15 is 0 Å². The van der Waals surface area contributed by atoms with Gasteiger partial charge in [0.05, 0.1) is 12.8 Å². The highest BCUT2D eigenvalue weighted by molar-refractivity contribution is 5.92. The van der Waals surface area contributed by atoms with Crippen molar-refractivity contribution in [1.82, 2.24) is 14.9 Å². The number of ether oxygens (including phenoxy) is 1. The maximum atomic E-state index is 12.4. The van der Waals surface area contributed by atoms with Gasteiger partial charge in [-0.15, -0.1) is 0 Å². The van der Waals surface area contributed by atoms with E-state index in [-0.39, 0.29) is 5.56 Å². The fraction of sp³-hybridized carbons (Fsp3) is 0.458. The van der Waals surface area contributed by atoms with Gasteiger partial charge in [-0.05, 0) is 68.0 Å². The molecule has 0 amide bonds. The molecule has 4 rings (SSSR count). The summed E-state index contributed by atoms with van der Waals surface area (Å²) in [5.41, 5.74) is 6.76. The first-order valence-electron chi connectivity index (χ1n) is 10.5. The first kappa shape index (κ1) is 19.8. The van der Waals surface area contributed by atoms with Crippen molar-refractivity contribution in [1.29, 1.82) is 0 Å². The van der Waals surface area contributed by atoms with Gasteiger partial charge in [-0.25, -0.2) is 0 Å². The van der Waals surface area contributed by atoms with Gasteiger partial charge in [0.25, 0.3) is 5.56 Å². The van der Waals surface area contributed by atoms with Gasteiger partial charge < -0.3 is 19.6 Å². The standard InChI is InChI=1S/C24H31N3O2/c1-14(2)21-18-12-17(16-8-10-25-11-9-16)6-7-20(18)26-22(21)19-13-27(4)24(28)23(29-5)15(19)3/h6-7,12-14,16,25-26H,8-11H2,1-5H3. The second-order valence-corrected chi connectivity index (χ2v) is 8.51. The lowest BCUT2D eigenvalue weighted by Gasteiger charge is -2.23. The Morgan fingerprint density at radius 1 is 1.21 bits per heavy atom. The van der Waals surface area contributed by atoms with Gasteiger partial charge in [-0.3, -0.25) is 4.79 Å². The van der Waals surface area contributed by atoms with E-state index in [1.807, 2.05) is 13.1 Å². The summed E-state index contributed by atoms with van der Waals surface area (Å²) in [6.07, 6.45) is 4.30. The van der Waals surface area contributed by atoms with Gasteiger partial charge in [-0.2, -0.15) is 0 Å². The maximum Gasteiger partial charge on any atom is 0.292 e. The van der Waals surface area contributed by atoms with Crippen LogP contribution in [0.1, 0.15) is 55.2 Å². The zero-order valence-corrected chi connectivity index (χ0v) is 18.1. The number of aromatic amines is 1. The number of fused-ring (bicyclic) bond motifs is 1. The van der Waals surface area contributed by atoms with E-state index < -0.39 is 0 Å². The van der Waals surface area contributed by atoms with Crippen LogP contribution in [0.25, 0.3) is 22.2 Å². The summed E-state index contributed by atoms with van der Waals surface area (Å²) in [6.45, 7) is 8.62. The van der Waals surface area contributed by atoms with Crippen LogP contribution >= 0.6 is 0 Å². The molecule has 5 nitrogen and oxygen atoms in total. The van der Waals surface area contributed by atoms with E-state index in [4.69, 9.17) is 4.74 Å². The molecule has 0 spiro atoms. The lowest BCUT2D eigenvalue weighted by atomic mass is 9.88. The quantitative estimate of drug-likeness (QED) is 0.689. The number of hydrogen-bond donors (Lipinski definition) is 2. The number of rotatable bonds is 4. The Kier molecular flexibility index (Phi) is 5.26. The van der Waals surface area contributed by atoms with Gasteiger partial charge in [0.1, 0.15) is 0 Å². The number of benzene rings is 1. The summed E-state index contributed by atoms with van der Waals surface area (Å²) in [4.78, 5) is 16.1. The lowest BCUT2D eigenvalue weighted by molar-refractivity contribution is 0.402. The van der Waals surface area contributed by atoms with E-state index in [9.17, 15) is 4.79 Å². The van der Waals surface area contributed by atoms with Crippen LogP contribution < -0.4 is 15.6 Å². The molecule has 0 saturated carbocycles. The number of aryl methyl sites for hydroxylation is 1. The zero-order chi connectivity index (χ0) is 20.7. The molecule has 1 saturated heterocycles. The van der Waals surface area contributed by atoms with Gasteiger partial charge in [0.15, 0.2) is 5.75 Å². The molecule has 5 heteroatoms. The van der Waals surface area contributed by atoms with Crippen molar-refractivity contribution in [3.63, 3.8) is 0 Å². The number of pyridine rings is 1. The van der Waals surface area contributed by atoms with Crippen LogP contribution in [0.2, 0.25) is 0 Å². The normalized spacial score (nSPS) is 15.4. The summed E-state index contributed by atoms with van der Waals surface area (Å²) in [7, 11) is 3.34. The molecular formula is C24H31N3O2. The Bertz CT molecular complexity index is 1100. The minimum atomic E-state index is -0.107. The molecule has 29 heavy (non-hydrogen) atoms. The van der Waals surface area contributed by atoms with Gasteiger partial charge in [-0.1, -0.05) is 19.9 Å². The third kappa shape index (κ3) is 3.38. The second-order valence-electron chi connectivity index (χ2n) is 8.51. The highest BCUT2D eigenvalue weighted by Gasteiger charge is 2.22. The summed E-state index contributed by atoms with van der Waals surface area (Å²) in [5, 5.41) is 4.75. The first-order chi connectivity index (χ1) is 13.9. The van der Waals surface area contributed by atoms with Crippen LogP contribution in [0.5, 0.6) is 5.75 Å². The molecule has 2 aromatic heterocycles. The summed E-state index contributed by atoms with van der Waals surface area (Å²) >= 11 is 0. The van der Waals surface area contributed by atoms with Crippen molar-refractivity contribution >= 4 is 10.9 Å². The van der Waals surface area contributed by atoms with E-state index in [0.29, 0.717) is 17.6 Å². The summed E-state index contributed by atoms with van der Waals surface area (Å²) in [6, 6.07) is 6.88. The average molecular weight is 394 g/mol. The van der Waals surface area contributed by atoms with Crippen LogP contribution in [0.3, 0.4) is 0 Å². The Balaban J connectivity index is 1.93.